The van der Waals surface area contributed by atoms with E-state index in [0.29, 0.717) is 41.7 Å². The summed E-state index contributed by atoms with van der Waals surface area (Å²) in [5.41, 5.74) is 0.563. The van der Waals surface area contributed by atoms with E-state index in [4.69, 9.17) is 4.42 Å². The van der Waals surface area contributed by atoms with Crippen molar-refractivity contribution in [3.63, 3.8) is 0 Å². The van der Waals surface area contributed by atoms with Crippen molar-refractivity contribution in [2.75, 3.05) is 45.8 Å². The summed E-state index contributed by atoms with van der Waals surface area (Å²) >= 11 is 3.22. The smallest absolute Gasteiger partial charge is 0.257 e. The lowest BCUT2D eigenvalue weighted by Crippen LogP contribution is -2.53. The van der Waals surface area contributed by atoms with Gasteiger partial charge >= 0.3 is 0 Å². The number of furan rings is 1. The molecule has 0 saturated carbocycles. The minimum absolute atomic E-state index is 0.0147. The van der Waals surface area contributed by atoms with E-state index in [0.717, 1.165) is 26.2 Å². The first-order chi connectivity index (χ1) is 11.9. The number of carbonyl (C=O) groups is 2. The number of hydrogen-bond donors (Lipinski definition) is 0. The van der Waals surface area contributed by atoms with E-state index >= 15 is 0 Å². The Morgan fingerprint density at radius 1 is 1.12 bits per heavy atom. The highest BCUT2D eigenvalue weighted by molar-refractivity contribution is 9.10. The van der Waals surface area contributed by atoms with Crippen LogP contribution in [0.1, 0.15) is 30.6 Å². The van der Waals surface area contributed by atoms with Crippen LogP contribution in [-0.2, 0) is 4.79 Å². The number of halogens is 1. The Hall–Kier alpha value is -1.34. The topological polar surface area (TPSA) is 57.0 Å². The van der Waals surface area contributed by atoms with Crippen molar-refractivity contribution in [2.45, 2.75) is 20.3 Å². The normalized spacial score (nSPS) is 25.2. The van der Waals surface area contributed by atoms with Gasteiger partial charge in [-0.1, -0.05) is 13.8 Å². The minimum Gasteiger partial charge on any atom is -0.457 e. The Kier molecular flexibility index (Phi) is 5.84. The Balaban J connectivity index is 1.47. The number of carbonyl (C=O) groups excluding carboxylic acids is 2. The lowest BCUT2D eigenvalue weighted by Gasteiger charge is -2.38. The van der Waals surface area contributed by atoms with E-state index in [2.05, 4.69) is 34.7 Å². The second-order valence-electron chi connectivity index (χ2n) is 7.45. The van der Waals surface area contributed by atoms with E-state index in [1.54, 1.807) is 6.07 Å². The first-order valence-corrected chi connectivity index (χ1v) is 9.75. The zero-order chi connectivity index (χ0) is 18.0. The number of piperazine rings is 1. The molecule has 2 amide bonds. The van der Waals surface area contributed by atoms with Crippen LogP contribution in [0.2, 0.25) is 0 Å². The largest absolute Gasteiger partial charge is 0.457 e. The van der Waals surface area contributed by atoms with Crippen LogP contribution in [-0.4, -0.2) is 72.3 Å². The van der Waals surface area contributed by atoms with Gasteiger partial charge in [-0.3, -0.25) is 14.5 Å². The van der Waals surface area contributed by atoms with Gasteiger partial charge in [-0.25, -0.2) is 0 Å². The fourth-order valence-corrected chi connectivity index (χ4v) is 4.21. The number of piperidine rings is 1. The van der Waals surface area contributed by atoms with Gasteiger partial charge in [-0.2, -0.15) is 0 Å². The van der Waals surface area contributed by atoms with Crippen molar-refractivity contribution >= 4 is 27.7 Å². The maximum atomic E-state index is 12.6. The van der Waals surface area contributed by atoms with Crippen LogP contribution in [0.3, 0.4) is 0 Å². The summed E-state index contributed by atoms with van der Waals surface area (Å²) < 4.78 is 5.70. The standard InChI is InChI=1S/C18H26BrN3O3/c1-13-7-14(2)10-22(9-13)17(23)11-20-3-5-21(6-4-20)18(24)15-8-16(19)25-12-15/h8,12-14H,3-7,9-11H2,1-2H3. The summed E-state index contributed by atoms with van der Waals surface area (Å²) in [7, 11) is 0. The zero-order valence-electron chi connectivity index (χ0n) is 14.9. The molecule has 2 aliphatic rings. The van der Waals surface area contributed by atoms with Gasteiger partial charge in [0.25, 0.3) is 5.91 Å². The summed E-state index contributed by atoms with van der Waals surface area (Å²) in [6.45, 7) is 9.38. The van der Waals surface area contributed by atoms with Gasteiger partial charge < -0.3 is 14.2 Å². The van der Waals surface area contributed by atoms with Crippen molar-refractivity contribution in [1.82, 2.24) is 14.7 Å². The highest BCUT2D eigenvalue weighted by Crippen LogP contribution is 2.21. The highest BCUT2D eigenvalue weighted by atomic mass is 79.9. The highest BCUT2D eigenvalue weighted by Gasteiger charge is 2.28. The van der Waals surface area contributed by atoms with Crippen molar-refractivity contribution < 1.29 is 14.0 Å². The van der Waals surface area contributed by atoms with Gasteiger partial charge in [-0.05, 0) is 34.2 Å². The van der Waals surface area contributed by atoms with Crippen molar-refractivity contribution in [1.29, 1.82) is 0 Å². The molecule has 0 aromatic carbocycles. The molecule has 1 aromatic heterocycles. The Morgan fingerprint density at radius 2 is 1.76 bits per heavy atom. The molecule has 2 fully saturated rings. The van der Waals surface area contributed by atoms with E-state index in [-0.39, 0.29) is 11.8 Å². The molecule has 0 N–H and O–H groups in total. The second kappa shape index (κ2) is 7.91. The van der Waals surface area contributed by atoms with Gasteiger partial charge in [0.15, 0.2) is 4.67 Å². The summed E-state index contributed by atoms with van der Waals surface area (Å²) in [4.78, 5) is 31.0. The van der Waals surface area contributed by atoms with Crippen LogP contribution in [0, 0.1) is 11.8 Å². The molecule has 0 radical (unpaired) electrons. The third-order valence-corrected chi connectivity index (χ3v) is 5.47. The predicted molar refractivity (Wildman–Crippen MR) is 98.3 cm³/mol. The van der Waals surface area contributed by atoms with Crippen LogP contribution in [0.4, 0.5) is 0 Å². The lowest BCUT2D eigenvalue weighted by atomic mass is 9.92. The number of rotatable bonds is 3. The Bertz CT molecular complexity index is 615. The minimum atomic E-state index is -0.0147. The SMILES string of the molecule is CC1CC(C)CN(C(=O)CN2CCN(C(=O)c3coc(Br)c3)CC2)C1. The van der Waals surface area contributed by atoms with E-state index in [1.807, 2.05) is 9.80 Å². The molecule has 3 rings (SSSR count). The van der Waals surface area contributed by atoms with Crippen LogP contribution in [0.15, 0.2) is 21.4 Å². The number of hydrogen-bond acceptors (Lipinski definition) is 4. The fourth-order valence-electron chi connectivity index (χ4n) is 3.87. The van der Waals surface area contributed by atoms with Gasteiger partial charge in [0, 0.05) is 45.3 Å². The summed E-state index contributed by atoms with van der Waals surface area (Å²) in [6, 6.07) is 1.69. The molecule has 1 aromatic rings. The quantitative estimate of drug-likeness (QED) is 0.765. The molecule has 6 nitrogen and oxygen atoms in total. The molecule has 2 saturated heterocycles. The van der Waals surface area contributed by atoms with Crippen molar-refractivity contribution in [3.8, 4) is 0 Å². The molecule has 2 unspecified atom stereocenters. The molecule has 7 heteroatoms. The van der Waals surface area contributed by atoms with Gasteiger partial charge in [0.2, 0.25) is 5.91 Å². The lowest BCUT2D eigenvalue weighted by molar-refractivity contribution is -0.135. The van der Waals surface area contributed by atoms with Crippen LogP contribution < -0.4 is 0 Å². The third-order valence-electron chi connectivity index (χ3n) is 5.05. The van der Waals surface area contributed by atoms with Crippen molar-refractivity contribution in [3.05, 3.63) is 22.6 Å². The van der Waals surface area contributed by atoms with E-state index in [1.165, 1.54) is 12.7 Å². The fraction of sp³-hybridized carbons (Fsp3) is 0.667. The molecule has 0 bridgehead atoms. The van der Waals surface area contributed by atoms with Crippen molar-refractivity contribution in [2.24, 2.45) is 11.8 Å². The molecule has 2 atom stereocenters. The number of likely N-dealkylation sites (tertiary alicyclic amines) is 1. The van der Waals surface area contributed by atoms with Crippen LogP contribution in [0.25, 0.3) is 0 Å². The van der Waals surface area contributed by atoms with Gasteiger partial charge in [-0.15, -0.1) is 0 Å². The first kappa shape index (κ1) is 18.5. The van der Waals surface area contributed by atoms with Crippen LogP contribution >= 0.6 is 15.9 Å². The molecule has 0 spiro atoms. The second-order valence-corrected chi connectivity index (χ2v) is 8.23. The molecule has 138 valence electrons. The predicted octanol–water partition coefficient (Wildman–Crippen LogP) is 2.30. The monoisotopic (exact) mass is 411 g/mol. The van der Waals surface area contributed by atoms with Crippen LogP contribution in [0.5, 0.6) is 0 Å². The number of amides is 2. The molecular formula is C18H26BrN3O3. The molecule has 0 aliphatic carbocycles. The zero-order valence-corrected chi connectivity index (χ0v) is 16.5. The average molecular weight is 412 g/mol. The molecule has 2 aliphatic heterocycles. The first-order valence-electron chi connectivity index (χ1n) is 8.96. The van der Waals surface area contributed by atoms with Gasteiger partial charge in [0.05, 0.1) is 12.1 Å². The van der Waals surface area contributed by atoms with E-state index < -0.39 is 0 Å². The van der Waals surface area contributed by atoms with E-state index in [9.17, 15) is 9.59 Å². The van der Waals surface area contributed by atoms with Gasteiger partial charge in [0.1, 0.15) is 6.26 Å². The Morgan fingerprint density at radius 3 is 2.32 bits per heavy atom. The Labute approximate surface area is 157 Å². The molecule has 25 heavy (non-hydrogen) atoms. The third kappa shape index (κ3) is 4.64. The molecule has 3 heterocycles. The summed E-state index contributed by atoms with van der Waals surface area (Å²) in [5, 5.41) is 0. The average Bonchev–Trinajstić information content (AvgIpc) is 3.00. The maximum Gasteiger partial charge on any atom is 0.257 e. The number of nitrogens with zero attached hydrogens (tertiary/aromatic N) is 3. The maximum absolute atomic E-state index is 12.6. The summed E-state index contributed by atoms with van der Waals surface area (Å²) in [6.07, 6.45) is 2.68. The molecular weight excluding hydrogens is 386 g/mol. The summed E-state index contributed by atoms with van der Waals surface area (Å²) in [5.74, 6) is 1.36.